The number of hydrogen-bond acceptors (Lipinski definition) is 2. The molecular formula is C7H12INO. The Morgan fingerprint density at radius 3 is 2.90 bits per heavy atom. The van der Waals surface area contributed by atoms with Gasteiger partial charge in [0.15, 0.2) is 0 Å². The molecule has 58 valence electrons. The van der Waals surface area contributed by atoms with Gasteiger partial charge in [-0.1, -0.05) is 35.2 Å². The van der Waals surface area contributed by atoms with Gasteiger partial charge in [-0.05, 0) is 0 Å². The monoisotopic (exact) mass is 253 g/mol. The maximum absolute atomic E-state index is 5.17. The minimum absolute atomic E-state index is 0.716. The molecule has 0 bridgehead atoms. The molecule has 0 aliphatic carbocycles. The van der Waals surface area contributed by atoms with Gasteiger partial charge in [0, 0.05) is 10.6 Å². The molecule has 0 radical (unpaired) electrons. The largest absolute Gasteiger partial charge is 0.379 e. The number of allylic oxidation sites excluding steroid dienone is 1. The summed E-state index contributed by atoms with van der Waals surface area (Å²) >= 11 is 2.28. The average Bonchev–Trinajstić information content (AvgIpc) is 1.97. The fourth-order valence-electron chi connectivity index (χ4n) is 0.423. The highest BCUT2D eigenvalue weighted by atomic mass is 127. The lowest BCUT2D eigenvalue weighted by atomic mass is 10.6. The molecule has 0 unspecified atom stereocenters. The van der Waals surface area contributed by atoms with Crippen LogP contribution < -0.4 is 0 Å². The summed E-state index contributed by atoms with van der Waals surface area (Å²) in [5.41, 5.74) is 0. The van der Waals surface area contributed by atoms with E-state index in [0.29, 0.717) is 6.61 Å². The van der Waals surface area contributed by atoms with Crippen molar-refractivity contribution in [2.24, 2.45) is 4.99 Å². The number of alkyl halides is 1. The van der Waals surface area contributed by atoms with Crippen LogP contribution in [0.2, 0.25) is 0 Å². The zero-order valence-electron chi connectivity index (χ0n) is 5.92. The second kappa shape index (κ2) is 9.10. The third-order valence-electron chi connectivity index (χ3n) is 0.797. The van der Waals surface area contributed by atoms with E-state index in [-0.39, 0.29) is 0 Å². The maximum Gasteiger partial charge on any atom is 0.0662 e. The first-order valence-electron chi connectivity index (χ1n) is 3.16. The summed E-state index contributed by atoms with van der Waals surface area (Å²) in [5, 5.41) is 0. The maximum atomic E-state index is 5.17. The molecule has 0 aliphatic heterocycles. The molecule has 0 saturated heterocycles. The van der Waals surface area contributed by atoms with Crippen molar-refractivity contribution in [1.29, 1.82) is 0 Å². The summed E-state index contributed by atoms with van der Waals surface area (Å²) in [7, 11) is 0. The van der Waals surface area contributed by atoms with Gasteiger partial charge in [0.2, 0.25) is 0 Å². The lowest BCUT2D eigenvalue weighted by Gasteiger charge is -1.95. The molecule has 0 aromatic heterocycles. The predicted molar refractivity (Wildman–Crippen MR) is 53.3 cm³/mol. The average molecular weight is 253 g/mol. The summed E-state index contributed by atoms with van der Waals surface area (Å²) in [5.74, 6) is 0. The van der Waals surface area contributed by atoms with Crippen molar-refractivity contribution in [3.05, 3.63) is 12.7 Å². The van der Waals surface area contributed by atoms with Gasteiger partial charge in [-0.3, -0.25) is 4.99 Å². The summed E-state index contributed by atoms with van der Waals surface area (Å²) in [6, 6.07) is 0. The molecular weight excluding hydrogens is 241 g/mol. The van der Waals surface area contributed by atoms with E-state index < -0.39 is 0 Å². The van der Waals surface area contributed by atoms with Crippen molar-refractivity contribution in [2.75, 3.05) is 24.2 Å². The minimum atomic E-state index is 0.716. The lowest BCUT2D eigenvalue weighted by molar-refractivity contribution is 0.160. The smallest absolute Gasteiger partial charge is 0.0662 e. The number of rotatable bonds is 6. The van der Waals surface area contributed by atoms with Gasteiger partial charge in [0.1, 0.15) is 0 Å². The van der Waals surface area contributed by atoms with Gasteiger partial charge in [-0.2, -0.15) is 0 Å². The molecule has 0 saturated carbocycles. The summed E-state index contributed by atoms with van der Waals surface area (Å²) < 4.78 is 6.22. The van der Waals surface area contributed by atoms with Gasteiger partial charge >= 0.3 is 0 Å². The molecule has 0 fully saturated rings. The number of ether oxygens (including phenoxy) is 1. The van der Waals surface area contributed by atoms with E-state index in [2.05, 4.69) is 34.2 Å². The Hall–Kier alpha value is 0.1000. The molecule has 0 N–H and O–H groups in total. The molecule has 10 heavy (non-hydrogen) atoms. The van der Waals surface area contributed by atoms with Crippen molar-refractivity contribution in [1.82, 2.24) is 0 Å². The number of nitrogens with zero attached hydrogens (tertiary/aromatic N) is 1. The highest BCUT2D eigenvalue weighted by molar-refractivity contribution is 14.1. The van der Waals surface area contributed by atoms with E-state index in [4.69, 9.17) is 4.74 Å². The SMILES string of the molecule is C=CC=NCCOCCI. The van der Waals surface area contributed by atoms with Crippen LogP contribution in [0.25, 0.3) is 0 Å². The van der Waals surface area contributed by atoms with E-state index in [1.54, 1.807) is 12.3 Å². The Labute approximate surface area is 75.5 Å². The normalized spacial score (nSPS) is 10.5. The van der Waals surface area contributed by atoms with Gasteiger partial charge in [-0.25, -0.2) is 0 Å². The van der Waals surface area contributed by atoms with Crippen LogP contribution in [0, 0.1) is 0 Å². The number of halogens is 1. The molecule has 3 heteroatoms. The first-order valence-corrected chi connectivity index (χ1v) is 4.69. The standard InChI is InChI=1S/C7H12INO/c1-2-4-9-5-7-10-6-3-8/h2,4H,1,3,5-7H2. The molecule has 0 amide bonds. The second-order valence-electron chi connectivity index (χ2n) is 1.59. The van der Waals surface area contributed by atoms with E-state index in [0.717, 1.165) is 17.6 Å². The fourth-order valence-corrected chi connectivity index (χ4v) is 0.734. The Balaban J connectivity index is 2.90. The lowest BCUT2D eigenvalue weighted by Crippen LogP contribution is -2.00. The zero-order chi connectivity index (χ0) is 7.66. The first-order chi connectivity index (χ1) is 4.91. The molecule has 0 aromatic carbocycles. The van der Waals surface area contributed by atoms with Gasteiger partial charge in [-0.15, -0.1) is 0 Å². The van der Waals surface area contributed by atoms with Crippen molar-refractivity contribution in [2.45, 2.75) is 0 Å². The molecule has 0 atom stereocenters. The highest BCUT2D eigenvalue weighted by Crippen LogP contribution is 1.82. The van der Waals surface area contributed by atoms with E-state index in [1.165, 1.54) is 0 Å². The van der Waals surface area contributed by atoms with Crippen LogP contribution >= 0.6 is 22.6 Å². The fraction of sp³-hybridized carbons (Fsp3) is 0.571. The Morgan fingerprint density at radius 2 is 2.30 bits per heavy atom. The van der Waals surface area contributed by atoms with Crippen LogP contribution in [0.15, 0.2) is 17.6 Å². The Morgan fingerprint density at radius 1 is 1.50 bits per heavy atom. The van der Waals surface area contributed by atoms with Crippen LogP contribution in [0.3, 0.4) is 0 Å². The third kappa shape index (κ3) is 8.10. The van der Waals surface area contributed by atoms with Gasteiger partial charge in [0.05, 0.1) is 19.8 Å². The van der Waals surface area contributed by atoms with Gasteiger partial charge in [0.25, 0.3) is 0 Å². The van der Waals surface area contributed by atoms with Crippen LogP contribution in [0.1, 0.15) is 0 Å². The Kier molecular flexibility index (Phi) is 9.19. The van der Waals surface area contributed by atoms with E-state index in [1.807, 2.05) is 0 Å². The Bertz CT molecular complexity index is 104. The molecule has 0 heterocycles. The molecule has 0 aromatic rings. The number of hydrogen-bond donors (Lipinski definition) is 0. The van der Waals surface area contributed by atoms with Crippen LogP contribution in [0.4, 0.5) is 0 Å². The predicted octanol–water partition coefficient (Wildman–Crippen LogP) is 1.69. The summed E-state index contributed by atoms with van der Waals surface area (Å²) in [6.07, 6.45) is 3.35. The number of aliphatic imine (C=N–C) groups is 1. The topological polar surface area (TPSA) is 21.6 Å². The van der Waals surface area contributed by atoms with Crippen molar-refractivity contribution in [3.8, 4) is 0 Å². The van der Waals surface area contributed by atoms with Crippen LogP contribution in [0.5, 0.6) is 0 Å². The first kappa shape index (κ1) is 10.1. The summed E-state index contributed by atoms with van der Waals surface area (Å²) in [4.78, 5) is 3.99. The quantitative estimate of drug-likeness (QED) is 0.305. The third-order valence-corrected chi connectivity index (χ3v) is 1.24. The van der Waals surface area contributed by atoms with Crippen LogP contribution in [-0.4, -0.2) is 30.4 Å². The van der Waals surface area contributed by atoms with Crippen molar-refractivity contribution in [3.63, 3.8) is 0 Å². The van der Waals surface area contributed by atoms with E-state index in [9.17, 15) is 0 Å². The highest BCUT2D eigenvalue weighted by Gasteiger charge is 1.81. The molecule has 0 spiro atoms. The zero-order valence-corrected chi connectivity index (χ0v) is 8.08. The van der Waals surface area contributed by atoms with E-state index >= 15 is 0 Å². The van der Waals surface area contributed by atoms with Crippen LogP contribution in [-0.2, 0) is 4.74 Å². The summed E-state index contributed by atoms with van der Waals surface area (Å²) in [6.45, 7) is 5.78. The second-order valence-corrected chi connectivity index (χ2v) is 2.67. The van der Waals surface area contributed by atoms with Gasteiger partial charge < -0.3 is 4.74 Å². The molecule has 2 nitrogen and oxygen atoms in total. The van der Waals surface area contributed by atoms with Crippen molar-refractivity contribution < 1.29 is 4.74 Å². The molecule has 0 rings (SSSR count). The molecule has 0 aliphatic rings. The van der Waals surface area contributed by atoms with Crippen molar-refractivity contribution >= 4 is 28.8 Å². The minimum Gasteiger partial charge on any atom is -0.379 e.